The Balaban J connectivity index is 1.45. The lowest BCUT2D eigenvalue weighted by Crippen LogP contribution is -2.40. The van der Waals surface area contributed by atoms with Gasteiger partial charge in [-0.25, -0.2) is 4.99 Å². The molecule has 132 valence electrons. The zero-order valence-electron chi connectivity index (χ0n) is 14.5. The number of nitrogens with zero attached hydrogens (tertiary/aromatic N) is 2. The largest absolute Gasteiger partial charge is 0.381 e. The quantitative estimate of drug-likeness (QED) is 0.666. The van der Waals surface area contributed by atoms with E-state index in [-0.39, 0.29) is 0 Å². The number of hydrogen-bond acceptors (Lipinski definition) is 3. The molecule has 5 nitrogen and oxygen atoms in total. The SMILES string of the molecule is NC(=NCc1ccc(COC2CCOCC2)cc1)N1CCCCC1. The summed E-state index contributed by atoms with van der Waals surface area (Å²) in [7, 11) is 0. The Kier molecular flexibility index (Phi) is 6.49. The smallest absolute Gasteiger partial charge is 0.191 e. The molecule has 2 saturated heterocycles. The Morgan fingerprint density at radius 1 is 1.08 bits per heavy atom. The van der Waals surface area contributed by atoms with Crippen LogP contribution in [0.2, 0.25) is 0 Å². The molecule has 0 bridgehead atoms. The molecule has 2 heterocycles. The molecule has 24 heavy (non-hydrogen) atoms. The van der Waals surface area contributed by atoms with Crippen LogP contribution in [0.4, 0.5) is 0 Å². The minimum absolute atomic E-state index is 0.340. The van der Waals surface area contributed by atoms with Gasteiger partial charge in [-0.15, -0.1) is 0 Å². The molecular weight excluding hydrogens is 302 g/mol. The van der Waals surface area contributed by atoms with Gasteiger partial charge >= 0.3 is 0 Å². The van der Waals surface area contributed by atoms with Gasteiger partial charge in [0.1, 0.15) is 0 Å². The molecule has 0 unspecified atom stereocenters. The van der Waals surface area contributed by atoms with Crippen LogP contribution in [-0.4, -0.2) is 43.3 Å². The number of ether oxygens (including phenoxy) is 2. The van der Waals surface area contributed by atoms with E-state index in [2.05, 4.69) is 34.2 Å². The first-order chi connectivity index (χ1) is 11.8. The van der Waals surface area contributed by atoms with Crippen molar-refractivity contribution in [3.63, 3.8) is 0 Å². The third kappa shape index (κ3) is 5.21. The molecule has 3 rings (SSSR count). The summed E-state index contributed by atoms with van der Waals surface area (Å²) in [5, 5.41) is 0. The number of guanidine groups is 1. The van der Waals surface area contributed by atoms with Gasteiger partial charge in [-0.3, -0.25) is 0 Å². The second kappa shape index (κ2) is 9.04. The van der Waals surface area contributed by atoms with Crippen molar-refractivity contribution in [3.8, 4) is 0 Å². The molecule has 0 atom stereocenters. The van der Waals surface area contributed by atoms with Crippen LogP contribution in [0.1, 0.15) is 43.2 Å². The highest BCUT2D eigenvalue weighted by molar-refractivity contribution is 5.78. The molecule has 0 aromatic heterocycles. The van der Waals surface area contributed by atoms with Crippen LogP contribution in [0.25, 0.3) is 0 Å². The molecular formula is C19H29N3O2. The van der Waals surface area contributed by atoms with Crippen molar-refractivity contribution in [2.45, 2.75) is 51.4 Å². The van der Waals surface area contributed by atoms with Gasteiger partial charge in [0, 0.05) is 26.3 Å². The van der Waals surface area contributed by atoms with E-state index in [1.165, 1.54) is 30.4 Å². The van der Waals surface area contributed by atoms with Crippen LogP contribution in [0, 0.1) is 0 Å². The molecule has 2 fully saturated rings. The van der Waals surface area contributed by atoms with E-state index in [4.69, 9.17) is 15.2 Å². The zero-order valence-corrected chi connectivity index (χ0v) is 14.5. The molecule has 1 aromatic rings. The molecule has 0 aliphatic carbocycles. The maximum atomic E-state index is 6.10. The highest BCUT2D eigenvalue weighted by atomic mass is 16.5. The van der Waals surface area contributed by atoms with Gasteiger partial charge in [0.2, 0.25) is 0 Å². The van der Waals surface area contributed by atoms with Crippen molar-refractivity contribution >= 4 is 5.96 Å². The lowest BCUT2D eigenvalue weighted by atomic mass is 10.1. The summed E-state index contributed by atoms with van der Waals surface area (Å²) in [5.74, 6) is 0.682. The van der Waals surface area contributed by atoms with E-state index in [0.29, 0.717) is 25.2 Å². The maximum Gasteiger partial charge on any atom is 0.191 e. The fraction of sp³-hybridized carbons (Fsp3) is 0.632. The normalized spacial score (nSPS) is 20.3. The van der Waals surface area contributed by atoms with E-state index in [9.17, 15) is 0 Å². The van der Waals surface area contributed by atoms with Crippen molar-refractivity contribution in [2.24, 2.45) is 10.7 Å². The van der Waals surface area contributed by atoms with Gasteiger partial charge in [-0.1, -0.05) is 24.3 Å². The highest BCUT2D eigenvalue weighted by Gasteiger charge is 2.14. The number of benzene rings is 1. The average Bonchev–Trinajstić information content (AvgIpc) is 2.67. The van der Waals surface area contributed by atoms with Gasteiger partial charge < -0.3 is 20.1 Å². The summed E-state index contributed by atoms with van der Waals surface area (Å²) >= 11 is 0. The minimum Gasteiger partial charge on any atom is -0.381 e. The second-order valence-corrected chi connectivity index (χ2v) is 6.66. The Bertz CT molecular complexity index is 518. The number of nitrogens with two attached hydrogens (primary N) is 1. The molecule has 5 heteroatoms. The molecule has 2 aliphatic rings. The summed E-state index contributed by atoms with van der Waals surface area (Å²) in [6, 6.07) is 8.49. The minimum atomic E-state index is 0.340. The lowest BCUT2D eigenvalue weighted by molar-refractivity contribution is -0.0390. The van der Waals surface area contributed by atoms with Crippen LogP contribution >= 0.6 is 0 Å². The lowest BCUT2D eigenvalue weighted by Gasteiger charge is -2.27. The predicted octanol–water partition coefficient (Wildman–Crippen LogP) is 2.68. The van der Waals surface area contributed by atoms with Crippen molar-refractivity contribution in [2.75, 3.05) is 26.3 Å². The van der Waals surface area contributed by atoms with Gasteiger partial charge in [0.15, 0.2) is 5.96 Å². The van der Waals surface area contributed by atoms with Gasteiger partial charge in [0.05, 0.1) is 19.3 Å². The van der Waals surface area contributed by atoms with Gasteiger partial charge in [-0.2, -0.15) is 0 Å². The maximum absolute atomic E-state index is 6.10. The van der Waals surface area contributed by atoms with Crippen LogP contribution in [0.3, 0.4) is 0 Å². The molecule has 0 saturated carbocycles. The van der Waals surface area contributed by atoms with Crippen LogP contribution in [0.5, 0.6) is 0 Å². The molecule has 2 aliphatic heterocycles. The average molecular weight is 331 g/mol. The van der Waals surface area contributed by atoms with E-state index < -0.39 is 0 Å². The fourth-order valence-corrected chi connectivity index (χ4v) is 3.19. The summed E-state index contributed by atoms with van der Waals surface area (Å²) in [5.41, 5.74) is 8.49. The summed E-state index contributed by atoms with van der Waals surface area (Å²) in [4.78, 5) is 6.74. The van der Waals surface area contributed by atoms with Gasteiger partial charge in [0.25, 0.3) is 0 Å². The first-order valence-electron chi connectivity index (χ1n) is 9.13. The third-order valence-electron chi connectivity index (χ3n) is 4.78. The van der Waals surface area contributed by atoms with Crippen LogP contribution in [0.15, 0.2) is 29.3 Å². The van der Waals surface area contributed by atoms with E-state index in [0.717, 1.165) is 39.1 Å². The monoisotopic (exact) mass is 331 g/mol. The van der Waals surface area contributed by atoms with Crippen molar-refractivity contribution in [1.29, 1.82) is 0 Å². The topological polar surface area (TPSA) is 60.1 Å². The zero-order chi connectivity index (χ0) is 16.6. The summed E-state index contributed by atoms with van der Waals surface area (Å²) in [6.45, 7) is 5.03. The van der Waals surface area contributed by atoms with Crippen molar-refractivity contribution in [1.82, 2.24) is 4.90 Å². The van der Waals surface area contributed by atoms with E-state index in [1.54, 1.807) is 0 Å². The molecule has 0 amide bonds. The standard InChI is InChI=1S/C19H29N3O2/c20-19(22-10-2-1-3-11-22)21-14-16-4-6-17(7-5-16)15-24-18-8-12-23-13-9-18/h4-7,18H,1-3,8-15H2,(H2,20,21). The van der Waals surface area contributed by atoms with Gasteiger partial charge in [-0.05, 0) is 43.2 Å². The third-order valence-corrected chi connectivity index (χ3v) is 4.78. The summed E-state index contributed by atoms with van der Waals surface area (Å²) < 4.78 is 11.3. The van der Waals surface area contributed by atoms with Crippen LogP contribution < -0.4 is 5.73 Å². The number of aliphatic imine (C=N–C) groups is 1. The second-order valence-electron chi connectivity index (χ2n) is 6.66. The number of hydrogen-bond donors (Lipinski definition) is 1. The van der Waals surface area contributed by atoms with Crippen molar-refractivity contribution in [3.05, 3.63) is 35.4 Å². The predicted molar refractivity (Wildman–Crippen MR) is 95.8 cm³/mol. The van der Waals surface area contributed by atoms with Crippen LogP contribution in [-0.2, 0) is 22.6 Å². The first-order valence-corrected chi connectivity index (χ1v) is 9.13. The molecule has 0 spiro atoms. The fourth-order valence-electron chi connectivity index (χ4n) is 3.19. The Morgan fingerprint density at radius 3 is 2.46 bits per heavy atom. The van der Waals surface area contributed by atoms with E-state index in [1.807, 2.05) is 0 Å². The Hall–Kier alpha value is -1.59. The van der Waals surface area contributed by atoms with Crippen molar-refractivity contribution < 1.29 is 9.47 Å². The molecule has 2 N–H and O–H groups in total. The number of piperidine rings is 1. The Morgan fingerprint density at radius 2 is 1.75 bits per heavy atom. The first kappa shape index (κ1) is 17.2. The summed E-state index contributed by atoms with van der Waals surface area (Å²) in [6.07, 6.45) is 6.09. The highest BCUT2D eigenvalue weighted by Crippen LogP contribution is 2.14. The Labute approximate surface area is 144 Å². The number of rotatable bonds is 5. The molecule has 0 radical (unpaired) electrons. The number of likely N-dealkylation sites (tertiary alicyclic amines) is 1. The molecule has 1 aromatic carbocycles. The van der Waals surface area contributed by atoms with E-state index >= 15 is 0 Å².